The molecule has 0 radical (unpaired) electrons. The third-order valence-corrected chi connectivity index (χ3v) is 1.65. The largest absolute Gasteiger partial charge is 0.478 e. The molecule has 0 amide bonds. The molecule has 0 unspecified atom stereocenters. The van der Waals surface area contributed by atoms with Gasteiger partial charge in [-0.3, -0.25) is 4.79 Å². The predicted octanol–water partition coefficient (Wildman–Crippen LogP) is 2.78. The molecular weight excluding hydrogens is 208 g/mol. The highest BCUT2D eigenvalue weighted by atomic mass is 16.5. The van der Waals surface area contributed by atoms with Gasteiger partial charge in [0.05, 0.1) is 6.61 Å². The Labute approximate surface area is 97.3 Å². The summed E-state index contributed by atoms with van der Waals surface area (Å²) in [6.07, 6.45) is 3.83. The van der Waals surface area contributed by atoms with Gasteiger partial charge in [-0.1, -0.05) is 26.3 Å². The van der Waals surface area contributed by atoms with Crippen molar-refractivity contribution in [2.24, 2.45) is 0 Å². The van der Waals surface area contributed by atoms with Crippen LogP contribution in [0.3, 0.4) is 0 Å². The van der Waals surface area contributed by atoms with E-state index in [2.05, 4.69) is 13.5 Å². The average Bonchev–Trinajstić information content (AvgIpc) is 2.19. The summed E-state index contributed by atoms with van der Waals surface area (Å²) in [4.78, 5) is 20.3. The molecule has 0 aromatic rings. The van der Waals surface area contributed by atoms with E-state index in [1.54, 1.807) is 0 Å². The molecule has 0 aliphatic heterocycles. The van der Waals surface area contributed by atoms with Gasteiger partial charge in [-0.05, 0) is 20.3 Å². The van der Waals surface area contributed by atoms with Crippen molar-refractivity contribution in [1.29, 1.82) is 0 Å². The lowest BCUT2D eigenvalue weighted by molar-refractivity contribution is -0.143. The molecule has 0 fully saturated rings. The van der Waals surface area contributed by atoms with E-state index in [9.17, 15) is 9.59 Å². The topological polar surface area (TPSA) is 63.6 Å². The molecule has 0 atom stereocenters. The maximum absolute atomic E-state index is 10.7. The first-order chi connectivity index (χ1) is 7.45. The van der Waals surface area contributed by atoms with E-state index < -0.39 is 5.97 Å². The third kappa shape index (κ3) is 15.2. The number of carboxylic acid groups (broad SMARTS) is 1. The van der Waals surface area contributed by atoms with Gasteiger partial charge in [-0.15, -0.1) is 0 Å². The second-order valence-electron chi connectivity index (χ2n) is 3.35. The standard InChI is InChI=1S/C8H16O2.C4H6O2/c1-3-5-6-7-8(9)10-4-2;1-3(2)4(5)6/h3-7H2,1-2H3;1H2,2H3,(H,5,6). The summed E-state index contributed by atoms with van der Waals surface area (Å²) in [5.41, 5.74) is 0.176. The van der Waals surface area contributed by atoms with Crippen LogP contribution < -0.4 is 0 Å². The van der Waals surface area contributed by atoms with Crippen LogP contribution in [-0.2, 0) is 14.3 Å². The van der Waals surface area contributed by atoms with E-state index in [-0.39, 0.29) is 11.5 Å². The molecule has 16 heavy (non-hydrogen) atoms. The molecule has 0 saturated heterocycles. The van der Waals surface area contributed by atoms with Gasteiger partial charge >= 0.3 is 11.9 Å². The number of aliphatic carboxylic acids is 1. The lowest BCUT2D eigenvalue weighted by atomic mass is 10.2. The quantitative estimate of drug-likeness (QED) is 0.433. The fraction of sp³-hybridized carbons (Fsp3) is 0.667. The highest BCUT2D eigenvalue weighted by Gasteiger charge is 1.98. The van der Waals surface area contributed by atoms with E-state index in [1.165, 1.54) is 6.92 Å². The summed E-state index contributed by atoms with van der Waals surface area (Å²) in [7, 11) is 0. The molecule has 0 saturated carbocycles. The third-order valence-electron chi connectivity index (χ3n) is 1.65. The molecule has 0 aliphatic carbocycles. The van der Waals surface area contributed by atoms with Gasteiger partial charge in [-0.25, -0.2) is 4.79 Å². The van der Waals surface area contributed by atoms with Crippen molar-refractivity contribution >= 4 is 11.9 Å². The van der Waals surface area contributed by atoms with E-state index in [4.69, 9.17) is 9.84 Å². The number of hydrogen-bond donors (Lipinski definition) is 1. The first-order valence-corrected chi connectivity index (χ1v) is 5.50. The molecule has 0 aromatic carbocycles. The van der Waals surface area contributed by atoms with Crippen LogP contribution in [0.15, 0.2) is 12.2 Å². The fourth-order valence-electron chi connectivity index (χ4n) is 0.752. The fourth-order valence-corrected chi connectivity index (χ4v) is 0.752. The molecule has 0 bridgehead atoms. The van der Waals surface area contributed by atoms with Gasteiger partial charge in [0.1, 0.15) is 0 Å². The number of carboxylic acids is 1. The minimum Gasteiger partial charge on any atom is -0.478 e. The second kappa shape index (κ2) is 11.8. The lowest BCUT2D eigenvalue weighted by Gasteiger charge is -1.99. The van der Waals surface area contributed by atoms with Crippen LogP contribution in [0.1, 0.15) is 46.5 Å². The zero-order valence-electron chi connectivity index (χ0n) is 10.4. The van der Waals surface area contributed by atoms with Crippen molar-refractivity contribution in [3.8, 4) is 0 Å². The molecule has 4 heteroatoms. The van der Waals surface area contributed by atoms with Crippen LogP contribution in [0.4, 0.5) is 0 Å². The molecule has 0 heterocycles. The number of hydrogen-bond acceptors (Lipinski definition) is 3. The van der Waals surface area contributed by atoms with Crippen LogP contribution in [-0.4, -0.2) is 23.7 Å². The molecule has 94 valence electrons. The number of carbonyl (C=O) groups excluding carboxylic acids is 1. The number of ether oxygens (including phenoxy) is 1. The highest BCUT2D eigenvalue weighted by molar-refractivity contribution is 5.84. The van der Waals surface area contributed by atoms with Gasteiger partial charge in [0.15, 0.2) is 0 Å². The number of unbranched alkanes of at least 4 members (excludes halogenated alkanes) is 2. The Morgan fingerprint density at radius 3 is 2.06 bits per heavy atom. The lowest BCUT2D eigenvalue weighted by Crippen LogP contribution is -2.02. The minimum absolute atomic E-state index is 0.0593. The number of carbonyl (C=O) groups is 2. The number of esters is 1. The van der Waals surface area contributed by atoms with Crippen molar-refractivity contribution in [3.63, 3.8) is 0 Å². The van der Waals surface area contributed by atoms with Gasteiger partial charge in [0, 0.05) is 12.0 Å². The van der Waals surface area contributed by atoms with Gasteiger partial charge in [0.25, 0.3) is 0 Å². The van der Waals surface area contributed by atoms with Gasteiger partial charge in [0.2, 0.25) is 0 Å². The molecule has 1 N–H and O–H groups in total. The second-order valence-corrected chi connectivity index (χ2v) is 3.35. The molecular formula is C12H22O4. The van der Waals surface area contributed by atoms with Crippen LogP contribution in [0.25, 0.3) is 0 Å². The number of rotatable bonds is 6. The van der Waals surface area contributed by atoms with Crippen LogP contribution in [0.2, 0.25) is 0 Å². The first-order valence-electron chi connectivity index (χ1n) is 5.50. The van der Waals surface area contributed by atoms with E-state index >= 15 is 0 Å². The smallest absolute Gasteiger partial charge is 0.330 e. The summed E-state index contributed by atoms with van der Waals surface area (Å²) in [5, 5.41) is 7.89. The van der Waals surface area contributed by atoms with Crippen molar-refractivity contribution < 1.29 is 19.4 Å². The summed E-state index contributed by atoms with van der Waals surface area (Å²) in [6, 6.07) is 0. The Kier molecular flexibility index (Phi) is 12.6. The van der Waals surface area contributed by atoms with Crippen molar-refractivity contribution in [2.75, 3.05) is 6.61 Å². The molecule has 0 rings (SSSR count). The Balaban J connectivity index is 0. The molecule has 4 nitrogen and oxygen atoms in total. The maximum atomic E-state index is 10.7. The predicted molar refractivity (Wildman–Crippen MR) is 63.2 cm³/mol. The first kappa shape index (κ1) is 17.1. The zero-order chi connectivity index (χ0) is 13.0. The minimum atomic E-state index is -0.935. The summed E-state index contributed by atoms with van der Waals surface area (Å²) in [5.74, 6) is -0.994. The molecule has 0 aromatic heterocycles. The van der Waals surface area contributed by atoms with Gasteiger partial charge in [-0.2, -0.15) is 0 Å². The van der Waals surface area contributed by atoms with Gasteiger partial charge < -0.3 is 9.84 Å². The van der Waals surface area contributed by atoms with Crippen LogP contribution in [0.5, 0.6) is 0 Å². The van der Waals surface area contributed by atoms with E-state index in [0.717, 1.165) is 19.3 Å². The van der Waals surface area contributed by atoms with E-state index in [0.29, 0.717) is 13.0 Å². The maximum Gasteiger partial charge on any atom is 0.330 e. The Morgan fingerprint density at radius 2 is 1.75 bits per heavy atom. The van der Waals surface area contributed by atoms with Crippen molar-refractivity contribution in [2.45, 2.75) is 46.5 Å². The highest BCUT2D eigenvalue weighted by Crippen LogP contribution is 1.99. The monoisotopic (exact) mass is 230 g/mol. The summed E-state index contributed by atoms with van der Waals surface area (Å²) in [6.45, 7) is 9.05. The Bertz CT molecular complexity index is 209. The SMILES string of the molecule is C=C(C)C(=O)O.CCCCCC(=O)OCC. The normalized spacial score (nSPS) is 8.69. The summed E-state index contributed by atoms with van der Waals surface area (Å²) >= 11 is 0. The Hall–Kier alpha value is -1.32. The molecule has 0 spiro atoms. The van der Waals surface area contributed by atoms with Crippen LogP contribution in [0, 0.1) is 0 Å². The molecule has 0 aliphatic rings. The average molecular weight is 230 g/mol. The van der Waals surface area contributed by atoms with Crippen molar-refractivity contribution in [3.05, 3.63) is 12.2 Å². The van der Waals surface area contributed by atoms with E-state index in [1.807, 2.05) is 6.92 Å². The van der Waals surface area contributed by atoms with Crippen molar-refractivity contribution in [1.82, 2.24) is 0 Å². The Morgan fingerprint density at radius 1 is 1.25 bits per heavy atom. The van der Waals surface area contributed by atoms with Crippen LogP contribution >= 0.6 is 0 Å². The summed E-state index contributed by atoms with van der Waals surface area (Å²) < 4.78 is 4.75. The zero-order valence-corrected chi connectivity index (χ0v) is 10.4.